The molecule has 0 N–H and O–H groups in total. The molecule has 5 heteroatoms. The molecular formula is C97H80BN3S. The Hall–Kier alpha value is -11.1. The first-order valence-electron chi connectivity index (χ1n) is 39.4. The molecule has 0 bridgehead atoms. The molecule has 3 aliphatic heterocycles. The molecule has 4 heterocycles. The topological polar surface area (TPSA) is 11.4 Å². The molecule has 0 amide bonds. The van der Waals surface area contributed by atoms with Gasteiger partial charge < -0.3 is 14.4 Å². The van der Waals surface area contributed by atoms with Crippen LogP contribution in [0.15, 0.2) is 331 Å². The molecule has 0 radical (unpaired) electrons. The molecule has 0 atom stereocenters. The molecule has 492 valence electrons. The molecule has 3 nitrogen and oxygen atoms in total. The molecule has 0 spiro atoms. The zero-order chi connectivity index (χ0) is 76.4. The van der Waals surface area contributed by atoms with Gasteiger partial charge in [0.05, 0.1) is 44.5 Å². The van der Waals surface area contributed by atoms with Crippen LogP contribution in [0.3, 0.4) is 0 Å². The molecule has 0 aliphatic carbocycles. The quantitative estimate of drug-likeness (QED) is 0.134. The average Bonchev–Trinajstić information content (AvgIpc) is 0.961. The number of para-hydroxylation sites is 4. The highest BCUT2D eigenvalue weighted by molar-refractivity contribution is 8.00. The molecule has 3 aliphatic rings. The lowest BCUT2D eigenvalue weighted by atomic mass is 9.34. The van der Waals surface area contributed by atoms with E-state index in [1.54, 1.807) is 4.57 Å². The van der Waals surface area contributed by atoms with Gasteiger partial charge >= 0.3 is 0 Å². The monoisotopic (exact) mass is 1340 g/mol. The fraction of sp³-hybridized carbons (Fsp3) is 0.134. The van der Waals surface area contributed by atoms with Crippen LogP contribution in [0.5, 0.6) is 0 Å². The number of hydrogen-bond donors (Lipinski definition) is 0. The van der Waals surface area contributed by atoms with E-state index in [1.165, 1.54) is 11.1 Å². The molecule has 14 aromatic carbocycles. The third kappa shape index (κ3) is 10.2. The zero-order valence-corrected chi connectivity index (χ0v) is 59.6. The van der Waals surface area contributed by atoms with E-state index in [9.17, 15) is 8.22 Å². The van der Waals surface area contributed by atoms with E-state index >= 15 is 0 Å². The fourth-order valence-electron chi connectivity index (χ4n) is 16.3. The van der Waals surface area contributed by atoms with Gasteiger partial charge in [-0.3, -0.25) is 0 Å². The smallest absolute Gasteiger partial charge is 0.249 e. The SMILES string of the molecule is [2H]c1c([2H])c([2H])c2c(c1[2H])c1c([2H])c([2H])c([2H])c([2H])c1n2-c1ccc2c(c1)N(c1c(-c3ccccc3)cc(C(C)(C)C)cc1-c1ccccc1)c1cc(-c3ccc4c(c3)C(c3ccccc3)(c3ccccc3)c3ccccc3N4c3ccccc3)cc3c1B2c1ccc(-c2cc(C(C)(C)C)cc(C(C)(C)C)c2)cc1S3. The highest BCUT2D eigenvalue weighted by atomic mass is 32.2. The van der Waals surface area contributed by atoms with Gasteiger partial charge in [0, 0.05) is 54.4 Å². The van der Waals surface area contributed by atoms with Crippen LogP contribution >= 0.6 is 11.8 Å². The van der Waals surface area contributed by atoms with Gasteiger partial charge in [-0.25, -0.2) is 0 Å². The molecule has 0 saturated heterocycles. The molecule has 102 heavy (non-hydrogen) atoms. The first kappa shape index (κ1) is 54.7. The fourth-order valence-corrected chi connectivity index (χ4v) is 17.5. The van der Waals surface area contributed by atoms with E-state index in [0.717, 1.165) is 133 Å². The van der Waals surface area contributed by atoms with Crippen LogP contribution in [0.25, 0.3) is 72.0 Å². The summed E-state index contributed by atoms with van der Waals surface area (Å²) in [4.78, 5) is 7.08. The Bertz CT molecular complexity index is 6090. The van der Waals surface area contributed by atoms with E-state index in [-0.39, 0.29) is 62.2 Å². The summed E-state index contributed by atoms with van der Waals surface area (Å²) < 4.78 is 77.2. The minimum atomic E-state index is -0.825. The molecule has 18 rings (SSSR count). The first-order valence-corrected chi connectivity index (χ1v) is 36.2. The van der Waals surface area contributed by atoms with Crippen LogP contribution < -0.4 is 26.2 Å². The number of hydrogen-bond acceptors (Lipinski definition) is 3. The van der Waals surface area contributed by atoms with E-state index in [1.807, 2.05) is 17.8 Å². The number of fused-ring (bicyclic) bond motifs is 9. The maximum atomic E-state index is 9.84. The Morgan fingerprint density at radius 1 is 0.343 bits per heavy atom. The minimum absolute atomic E-state index is 0.0170. The number of anilines is 6. The Kier molecular flexibility index (Phi) is 12.9. The Labute approximate surface area is 616 Å². The normalized spacial score (nSPS) is 14.8. The van der Waals surface area contributed by atoms with Crippen LogP contribution in [-0.2, 0) is 21.7 Å². The number of aromatic nitrogens is 1. The molecular weight excluding hydrogens is 1250 g/mol. The van der Waals surface area contributed by atoms with Crippen molar-refractivity contribution in [2.24, 2.45) is 0 Å². The zero-order valence-electron chi connectivity index (χ0n) is 66.8. The van der Waals surface area contributed by atoms with Crippen molar-refractivity contribution in [2.75, 3.05) is 9.80 Å². The van der Waals surface area contributed by atoms with Gasteiger partial charge in [0.2, 0.25) is 6.71 Å². The maximum Gasteiger partial charge on any atom is 0.249 e. The van der Waals surface area contributed by atoms with Crippen LogP contribution in [0.4, 0.5) is 34.1 Å². The van der Waals surface area contributed by atoms with Crippen molar-refractivity contribution in [1.82, 2.24) is 4.57 Å². The van der Waals surface area contributed by atoms with Crippen molar-refractivity contribution >= 4 is 90.8 Å². The lowest BCUT2D eigenvalue weighted by Gasteiger charge is -2.46. The van der Waals surface area contributed by atoms with E-state index in [4.69, 9.17) is 2.74 Å². The van der Waals surface area contributed by atoms with Gasteiger partial charge in [0.15, 0.2) is 0 Å². The van der Waals surface area contributed by atoms with Gasteiger partial charge in [-0.2, -0.15) is 0 Å². The van der Waals surface area contributed by atoms with Gasteiger partial charge in [0.1, 0.15) is 0 Å². The van der Waals surface area contributed by atoms with Crippen molar-refractivity contribution in [3.05, 3.63) is 360 Å². The largest absolute Gasteiger partial charge is 0.310 e. The predicted molar refractivity (Wildman–Crippen MR) is 435 cm³/mol. The van der Waals surface area contributed by atoms with Crippen molar-refractivity contribution < 1.29 is 11.0 Å². The van der Waals surface area contributed by atoms with Crippen molar-refractivity contribution in [3.8, 4) is 50.2 Å². The Morgan fingerprint density at radius 2 is 0.824 bits per heavy atom. The van der Waals surface area contributed by atoms with E-state index in [0.29, 0.717) is 5.69 Å². The first-order chi connectivity index (χ1) is 52.8. The van der Waals surface area contributed by atoms with Gasteiger partial charge in [0.25, 0.3) is 0 Å². The van der Waals surface area contributed by atoms with Crippen LogP contribution in [0.2, 0.25) is 0 Å². The summed E-state index contributed by atoms with van der Waals surface area (Å²) in [5.74, 6) is 0. The van der Waals surface area contributed by atoms with E-state index in [2.05, 4.69) is 339 Å². The predicted octanol–water partition coefficient (Wildman–Crippen LogP) is 24.3. The summed E-state index contributed by atoms with van der Waals surface area (Å²) in [6.07, 6.45) is 0. The second-order valence-electron chi connectivity index (χ2n) is 30.7. The van der Waals surface area contributed by atoms with Crippen LogP contribution in [0, 0.1) is 0 Å². The summed E-state index contributed by atoms with van der Waals surface area (Å²) in [7, 11) is 0. The molecule has 15 aromatic rings. The van der Waals surface area contributed by atoms with Gasteiger partial charge in [-0.05, 0) is 184 Å². The number of benzene rings is 14. The van der Waals surface area contributed by atoms with Crippen molar-refractivity contribution in [1.29, 1.82) is 0 Å². The highest BCUT2D eigenvalue weighted by Crippen LogP contribution is 2.59. The third-order valence-corrected chi connectivity index (χ3v) is 22.5. The third-order valence-electron chi connectivity index (χ3n) is 21.4. The number of nitrogens with zero attached hydrogens (tertiary/aromatic N) is 3. The highest BCUT2D eigenvalue weighted by Gasteiger charge is 2.48. The molecule has 0 unspecified atom stereocenters. The Morgan fingerprint density at radius 3 is 1.41 bits per heavy atom. The van der Waals surface area contributed by atoms with Gasteiger partial charge in [-0.15, -0.1) is 0 Å². The molecule has 0 fully saturated rings. The van der Waals surface area contributed by atoms with Crippen molar-refractivity contribution in [3.63, 3.8) is 0 Å². The summed E-state index contributed by atoms with van der Waals surface area (Å²) in [6.45, 7) is 20.1. The van der Waals surface area contributed by atoms with Crippen molar-refractivity contribution in [2.45, 2.75) is 93.8 Å². The van der Waals surface area contributed by atoms with Crippen LogP contribution in [0.1, 0.15) is 112 Å². The lowest BCUT2D eigenvalue weighted by molar-refractivity contribution is 0.569. The number of rotatable bonds is 9. The lowest BCUT2D eigenvalue weighted by Crippen LogP contribution is -2.60. The second-order valence-corrected chi connectivity index (χ2v) is 31.7. The standard InChI is InChI=1S/C97H80BN3S/c1-94(2,3)71-53-67(54-72(59-71)95(4,5)6)66-47-50-83-90(57-66)102-91-58-68(65-48-52-87-81(55-65)97(69-35-19-12-20-36-69,70-37-21-13-22-38-70)80-43-27-30-46-86(80)99(87)74-39-23-14-24-40-74)56-89-92(91)98(83)82-51-49-75(100-84-44-28-25-41-76(84)77-42-26-29-45-85(77)100)62-88(82)101(89)93-78(63-31-15-10-16-32-63)60-73(96(7,8)9)61-79(93)64-33-17-11-18-34-64/h10-62H,1-9H3/i25D,26D,28D,29D,41D,42D,44D,45D. The molecule has 1 aromatic heterocycles. The average molecular weight is 1340 g/mol. The molecule has 0 saturated carbocycles. The summed E-state index contributed by atoms with van der Waals surface area (Å²) >= 11 is 1.81. The summed E-state index contributed by atoms with van der Waals surface area (Å²) in [6, 6.07) is 96.4. The van der Waals surface area contributed by atoms with Crippen LogP contribution in [-0.4, -0.2) is 11.3 Å². The Balaban J connectivity index is 0.999. The summed E-state index contributed by atoms with van der Waals surface area (Å²) in [5.41, 5.74) is 24.5. The summed E-state index contributed by atoms with van der Waals surface area (Å²) in [5, 5.41) is 0.0340. The minimum Gasteiger partial charge on any atom is -0.310 e. The van der Waals surface area contributed by atoms with E-state index < -0.39 is 36.3 Å². The maximum absolute atomic E-state index is 9.84. The van der Waals surface area contributed by atoms with Gasteiger partial charge in [-0.1, -0.05) is 316 Å². The second kappa shape index (κ2) is 24.0.